The molecule has 3 rings (SSSR count). The van der Waals surface area contributed by atoms with Crippen molar-refractivity contribution in [2.45, 2.75) is 0 Å². The zero-order valence-corrected chi connectivity index (χ0v) is 17.8. The molecule has 0 amide bonds. The average molecular weight is 436 g/mol. The molecule has 0 aliphatic rings. The highest BCUT2D eigenvalue weighted by Crippen LogP contribution is 2.28. The Bertz CT molecular complexity index is 1070. The molecule has 31 heavy (non-hydrogen) atoms. The number of hydrogen-bond donors (Lipinski definition) is 2. The maximum Gasteiger partial charge on any atom is 0.343 e. The highest BCUT2D eigenvalue weighted by molar-refractivity contribution is 7.80. The van der Waals surface area contributed by atoms with Gasteiger partial charge in [-0.2, -0.15) is 5.10 Å². The fraction of sp³-hybridized carbons (Fsp3) is 0.0870. The molecule has 0 radical (unpaired) electrons. The molecular weight excluding hydrogens is 414 g/mol. The van der Waals surface area contributed by atoms with Crippen LogP contribution in [0.4, 0.5) is 5.69 Å². The van der Waals surface area contributed by atoms with Crippen molar-refractivity contribution < 1.29 is 19.0 Å². The highest BCUT2D eigenvalue weighted by Gasteiger charge is 2.12. The van der Waals surface area contributed by atoms with E-state index in [1.54, 1.807) is 55.8 Å². The van der Waals surface area contributed by atoms with Gasteiger partial charge in [0.2, 0.25) is 0 Å². The Labute approximate surface area is 185 Å². The summed E-state index contributed by atoms with van der Waals surface area (Å²) in [5.41, 5.74) is 4.74. The lowest BCUT2D eigenvalue weighted by Crippen LogP contribution is -2.23. The maximum absolute atomic E-state index is 12.3. The van der Waals surface area contributed by atoms with Crippen molar-refractivity contribution in [3.63, 3.8) is 0 Å². The van der Waals surface area contributed by atoms with Crippen LogP contribution in [0.2, 0.25) is 0 Å². The predicted octanol–water partition coefficient (Wildman–Crippen LogP) is 4.24. The van der Waals surface area contributed by atoms with Crippen LogP contribution in [0.5, 0.6) is 17.2 Å². The van der Waals surface area contributed by atoms with Gasteiger partial charge in [-0.1, -0.05) is 18.2 Å². The first-order valence-electron chi connectivity index (χ1n) is 9.28. The average Bonchev–Trinajstić information content (AvgIpc) is 2.81. The smallest absolute Gasteiger partial charge is 0.343 e. The van der Waals surface area contributed by atoms with E-state index in [0.717, 1.165) is 17.0 Å². The number of rotatable bonds is 7. The van der Waals surface area contributed by atoms with Crippen LogP contribution in [0.15, 0.2) is 77.9 Å². The molecule has 0 saturated carbocycles. The molecule has 2 N–H and O–H groups in total. The van der Waals surface area contributed by atoms with Gasteiger partial charge in [0.25, 0.3) is 0 Å². The molecule has 0 aliphatic carbocycles. The highest BCUT2D eigenvalue weighted by atomic mass is 32.1. The van der Waals surface area contributed by atoms with Gasteiger partial charge in [0.05, 0.1) is 26.0 Å². The number of thiocarbonyl (C=S) groups is 1. The predicted molar refractivity (Wildman–Crippen MR) is 124 cm³/mol. The number of nitrogens with one attached hydrogen (secondary N) is 2. The molecule has 0 heterocycles. The van der Waals surface area contributed by atoms with Gasteiger partial charge in [0.15, 0.2) is 16.6 Å². The third-order valence-electron chi connectivity index (χ3n) is 4.13. The minimum atomic E-state index is -0.461. The second-order valence-electron chi connectivity index (χ2n) is 6.22. The first-order valence-corrected chi connectivity index (χ1v) is 9.69. The monoisotopic (exact) mass is 435 g/mol. The van der Waals surface area contributed by atoms with Crippen LogP contribution in [0.3, 0.4) is 0 Å². The number of carbonyl (C=O) groups is 1. The van der Waals surface area contributed by atoms with Crippen LogP contribution in [-0.4, -0.2) is 31.5 Å². The zero-order chi connectivity index (χ0) is 22.1. The molecule has 8 heteroatoms. The summed E-state index contributed by atoms with van der Waals surface area (Å²) in [5, 5.41) is 7.47. The number of esters is 1. The molecule has 3 aromatic rings. The number of nitrogens with zero attached hydrogens (tertiary/aromatic N) is 1. The summed E-state index contributed by atoms with van der Waals surface area (Å²) in [6.07, 6.45) is 1.58. The van der Waals surface area contributed by atoms with Crippen LogP contribution in [0.1, 0.15) is 15.9 Å². The molecule has 0 atom stereocenters. The van der Waals surface area contributed by atoms with Crippen LogP contribution in [0, 0.1) is 0 Å². The number of hydrogen-bond acceptors (Lipinski definition) is 6. The van der Waals surface area contributed by atoms with Gasteiger partial charge in [0, 0.05) is 5.69 Å². The molecule has 0 bridgehead atoms. The minimum Gasteiger partial charge on any atom is -0.497 e. The summed E-state index contributed by atoms with van der Waals surface area (Å²) in [6.45, 7) is 0. The third kappa shape index (κ3) is 6.28. The summed E-state index contributed by atoms with van der Waals surface area (Å²) >= 11 is 5.23. The lowest BCUT2D eigenvalue weighted by Gasteiger charge is -2.10. The molecule has 0 unspecified atom stereocenters. The van der Waals surface area contributed by atoms with Crippen LogP contribution < -0.4 is 25.0 Å². The van der Waals surface area contributed by atoms with Crippen LogP contribution >= 0.6 is 12.2 Å². The quantitative estimate of drug-likeness (QED) is 0.189. The Morgan fingerprint density at radius 2 is 1.68 bits per heavy atom. The van der Waals surface area contributed by atoms with Crippen molar-refractivity contribution in [3.8, 4) is 17.2 Å². The molecule has 0 saturated heterocycles. The topological polar surface area (TPSA) is 81.2 Å². The number of hydrazone groups is 1. The molecule has 0 aromatic heterocycles. The van der Waals surface area contributed by atoms with E-state index in [1.807, 2.05) is 30.3 Å². The second-order valence-corrected chi connectivity index (χ2v) is 6.63. The Morgan fingerprint density at radius 1 is 0.935 bits per heavy atom. The fourth-order valence-electron chi connectivity index (χ4n) is 2.58. The Kier molecular flexibility index (Phi) is 7.56. The van der Waals surface area contributed by atoms with E-state index < -0.39 is 5.97 Å². The molecule has 7 nitrogen and oxygen atoms in total. The molecule has 0 fully saturated rings. The van der Waals surface area contributed by atoms with Crippen molar-refractivity contribution in [2.75, 3.05) is 19.5 Å². The van der Waals surface area contributed by atoms with Gasteiger partial charge in [-0.15, -0.1) is 0 Å². The first kappa shape index (κ1) is 21.8. The summed E-state index contributed by atoms with van der Waals surface area (Å²) in [6, 6.07) is 21.2. The fourth-order valence-corrected chi connectivity index (χ4v) is 2.75. The second kappa shape index (κ2) is 10.7. The van der Waals surface area contributed by atoms with E-state index in [2.05, 4.69) is 15.8 Å². The number of benzene rings is 3. The van der Waals surface area contributed by atoms with E-state index in [4.69, 9.17) is 26.4 Å². The molecule has 0 aliphatic heterocycles. The standard InChI is InChI=1S/C23H21N3O4S/c1-28-19-11-9-18(10-12-19)25-23(31)26-24-15-16-8-13-20(21(14-16)29-2)30-22(27)17-6-4-3-5-7-17/h3-15H,1-2H3,(H2,25,26,31)/b24-15+. The third-order valence-corrected chi connectivity index (χ3v) is 4.32. The minimum absolute atomic E-state index is 0.318. The first-order chi connectivity index (χ1) is 15.1. The Balaban J connectivity index is 1.59. The van der Waals surface area contributed by atoms with Gasteiger partial charge in [-0.25, -0.2) is 4.79 Å². The number of methoxy groups -OCH3 is 2. The van der Waals surface area contributed by atoms with Crippen molar-refractivity contribution in [2.24, 2.45) is 5.10 Å². The lowest BCUT2D eigenvalue weighted by molar-refractivity contribution is 0.0729. The SMILES string of the molecule is COc1ccc(NC(=S)N/N=C/c2ccc(OC(=O)c3ccccc3)c(OC)c2)cc1. The summed E-state index contributed by atoms with van der Waals surface area (Å²) in [4.78, 5) is 12.3. The Hall–Kier alpha value is -3.91. The number of carbonyl (C=O) groups excluding carboxylic acids is 1. The van der Waals surface area contributed by atoms with E-state index in [9.17, 15) is 4.79 Å². The van der Waals surface area contributed by atoms with E-state index in [0.29, 0.717) is 22.2 Å². The van der Waals surface area contributed by atoms with Gasteiger partial charge < -0.3 is 19.5 Å². The van der Waals surface area contributed by atoms with Crippen LogP contribution in [0.25, 0.3) is 0 Å². The summed E-state index contributed by atoms with van der Waals surface area (Å²) in [7, 11) is 3.11. The van der Waals surface area contributed by atoms with Gasteiger partial charge in [0.1, 0.15) is 5.75 Å². The van der Waals surface area contributed by atoms with E-state index in [1.165, 1.54) is 7.11 Å². The Morgan fingerprint density at radius 3 is 2.35 bits per heavy atom. The van der Waals surface area contributed by atoms with Crippen LogP contribution in [-0.2, 0) is 0 Å². The maximum atomic E-state index is 12.3. The number of ether oxygens (including phenoxy) is 3. The van der Waals surface area contributed by atoms with Gasteiger partial charge in [-0.05, 0) is 72.4 Å². The largest absolute Gasteiger partial charge is 0.497 e. The summed E-state index contributed by atoms with van der Waals surface area (Å²) in [5.74, 6) is 1.02. The normalized spacial score (nSPS) is 10.4. The zero-order valence-electron chi connectivity index (χ0n) is 17.0. The molecular formula is C23H21N3O4S. The van der Waals surface area contributed by atoms with Crippen molar-refractivity contribution in [1.82, 2.24) is 5.43 Å². The number of anilines is 1. The van der Waals surface area contributed by atoms with E-state index >= 15 is 0 Å². The van der Waals surface area contributed by atoms with E-state index in [-0.39, 0.29) is 0 Å². The van der Waals surface area contributed by atoms with Crippen molar-refractivity contribution in [3.05, 3.63) is 83.9 Å². The molecule has 158 valence electrons. The summed E-state index contributed by atoms with van der Waals surface area (Å²) < 4.78 is 15.9. The molecule has 0 spiro atoms. The van der Waals surface area contributed by atoms with Crippen molar-refractivity contribution >= 4 is 35.2 Å². The lowest BCUT2D eigenvalue weighted by atomic mass is 10.2. The molecule has 3 aromatic carbocycles. The van der Waals surface area contributed by atoms with Gasteiger partial charge >= 0.3 is 5.97 Å². The van der Waals surface area contributed by atoms with Crippen molar-refractivity contribution in [1.29, 1.82) is 0 Å². The van der Waals surface area contributed by atoms with Gasteiger partial charge in [-0.3, -0.25) is 5.43 Å².